The number of ether oxygens (including phenoxy) is 2. The Morgan fingerprint density at radius 2 is 1.79 bits per heavy atom. The van der Waals surface area contributed by atoms with E-state index in [1.165, 1.54) is 0 Å². The Morgan fingerprint density at radius 3 is 2.42 bits per heavy atom. The maximum Gasteiger partial charge on any atom is 0.344 e. The molecular formula is C20H27ClN8O4. The van der Waals surface area contributed by atoms with E-state index in [1.54, 1.807) is 12.1 Å². The van der Waals surface area contributed by atoms with Crippen LogP contribution < -0.4 is 27.7 Å². The molecule has 2 rings (SSSR count). The molecule has 2 aromatic rings. The molecule has 13 heteroatoms. The summed E-state index contributed by atoms with van der Waals surface area (Å²) in [5, 5.41) is 7.55. The maximum atomic E-state index is 12.7. The number of carbonyl (C=O) groups excluding carboxylic acids is 2. The SMILES string of the molecule is N=C(N)N(CCCCc1ccc(OCC(=O)OCCN)cc1)C(=O)c1nc(Cl)c(N)nc1N. The molecule has 1 amide bonds. The molecule has 0 saturated carbocycles. The van der Waals surface area contributed by atoms with E-state index in [9.17, 15) is 9.59 Å². The van der Waals surface area contributed by atoms with Gasteiger partial charge >= 0.3 is 5.97 Å². The molecule has 0 aliphatic carbocycles. The van der Waals surface area contributed by atoms with Gasteiger partial charge in [0.25, 0.3) is 5.91 Å². The second-order valence-electron chi connectivity index (χ2n) is 6.87. The fraction of sp³-hybridized carbons (Fsp3) is 0.350. The average molecular weight is 479 g/mol. The van der Waals surface area contributed by atoms with Crippen LogP contribution in [0.2, 0.25) is 5.15 Å². The molecule has 0 unspecified atom stereocenters. The standard InChI is InChI=1S/C20H27ClN8O4/c21-16-18(24)28-17(23)15(27-16)19(31)29(20(25)26)9-2-1-3-12-4-6-13(7-5-12)33-11-14(30)32-10-8-22/h4-7H,1-3,8-11,22H2,(H3,25,26)(H4,23,24,28). The Labute approximate surface area is 195 Å². The number of amides is 1. The van der Waals surface area contributed by atoms with E-state index in [0.717, 1.165) is 10.5 Å². The van der Waals surface area contributed by atoms with Gasteiger partial charge in [-0.25, -0.2) is 14.8 Å². The zero-order valence-corrected chi connectivity index (χ0v) is 18.7. The van der Waals surface area contributed by atoms with Crippen molar-refractivity contribution in [1.82, 2.24) is 14.9 Å². The fourth-order valence-electron chi connectivity index (χ4n) is 2.77. The first-order valence-electron chi connectivity index (χ1n) is 10.0. The number of halogens is 1. The number of aryl methyl sites for hydroxylation is 1. The minimum Gasteiger partial charge on any atom is -0.482 e. The van der Waals surface area contributed by atoms with Crippen LogP contribution in [0.1, 0.15) is 28.9 Å². The van der Waals surface area contributed by atoms with Gasteiger partial charge in [0.2, 0.25) is 0 Å². The van der Waals surface area contributed by atoms with E-state index in [2.05, 4.69) is 9.97 Å². The molecule has 0 bridgehead atoms. The number of anilines is 2. The summed E-state index contributed by atoms with van der Waals surface area (Å²) in [5.41, 5.74) is 22.9. The highest BCUT2D eigenvalue weighted by atomic mass is 35.5. The normalized spacial score (nSPS) is 10.5. The van der Waals surface area contributed by atoms with Gasteiger partial charge in [0, 0.05) is 13.1 Å². The number of rotatable bonds is 11. The number of unbranched alkanes of at least 4 members (excludes halogenated alkanes) is 1. The summed E-state index contributed by atoms with van der Waals surface area (Å²) in [5.74, 6) is -1.35. The number of hydrogen-bond acceptors (Lipinski definition) is 10. The third-order valence-electron chi connectivity index (χ3n) is 4.40. The molecule has 0 atom stereocenters. The number of nitrogens with two attached hydrogens (primary N) is 4. The lowest BCUT2D eigenvalue weighted by Crippen LogP contribution is -2.42. The first-order chi connectivity index (χ1) is 15.7. The third-order valence-corrected chi connectivity index (χ3v) is 4.68. The van der Waals surface area contributed by atoms with Crippen molar-refractivity contribution in [2.45, 2.75) is 19.3 Å². The van der Waals surface area contributed by atoms with Crippen LogP contribution in [-0.2, 0) is 16.0 Å². The van der Waals surface area contributed by atoms with Crippen molar-refractivity contribution in [2.24, 2.45) is 11.5 Å². The first-order valence-corrected chi connectivity index (χ1v) is 10.4. The number of nitrogen functional groups attached to an aromatic ring is 2. The maximum absolute atomic E-state index is 12.7. The summed E-state index contributed by atoms with van der Waals surface area (Å²) in [6.07, 6.45) is 1.99. The molecule has 0 saturated heterocycles. The van der Waals surface area contributed by atoms with Crippen LogP contribution in [-0.4, -0.2) is 59.0 Å². The molecule has 33 heavy (non-hydrogen) atoms. The Kier molecular flexibility index (Phi) is 9.63. The van der Waals surface area contributed by atoms with Gasteiger partial charge in [0.05, 0.1) is 0 Å². The summed E-state index contributed by atoms with van der Waals surface area (Å²) < 4.78 is 10.2. The summed E-state index contributed by atoms with van der Waals surface area (Å²) in [4.78, 5) is 32.8. The van der Waals surface area contributed by atoms with Gasteiger partial charge in [-0.15, -0.1) is 0 Å². The van der Waals surface area contributed by atoms with Crippen LogP contribution in [0.15, 0.2) is 24.3 Å². The molecule has 12 nitrogen and oxygen atoms in total. The van der Waals surface area contributed by atoms with E-state index >= 15 is 0 Å². The number of esters is 1. The van der Waals surface area contributed by atoms with Crippen molar-refractivity contribution in [2.75, 3.05) is 37.8 Å². The number of carbonyl (C=O) groups is 2. The van der Waals surface area contributed by atoms with Gasteiger partial charge in [0.15, 0.2) is 35.0 Å². The van der Waals surface area contributed by atoms with Crippen molar-refractivity contribution >= 4 is 41.1 Å². The minimum absolute atomic E-state index is 0.0944. The van der Waals surface area contributed by atoms with Crippen LogP contribution in [0.25, 0.3) is 0 Å². The predicted molar refractivity (Wildman–Crippen MR) is 124 cm³/mol. The Morgan fingerprint density at radius 1 is 1.09 bits per heavy atom. The smallest absolute Gasteiger partial charge is 0.344 e. The van der Waals surface area contributed by atoms with Crippen molar-refractivity contribution in [3.05, 3.63) is 40.7 Å². The number of nitrogens with zero attached hydrogens (tertiary/aromatic N) is 3. The molecule has 0 radical (unpaired) electrons. The minimum atomic E-state index is -0.680. The van der Waals surface area contributed by atoms with E-state index < -0.39 is 17.8 Å². The number of benzene rings is 1. The zero-order chi connectivity index (χ0) is 24.4. The lowest BCUT2D eigenvalue weighted by molar-refractivity contribution is -0.145. The van der Waals surface area contributed by atoms with Crippen LogP contribution in [0.3, 0.4) is 0 Å². The summed E-state index contributed by atoms with van der Waals surface area (Å²) in [7, 11) is 0. The summed E-state index contributed by atoms with van der Waals surface area (Å²) >= 11 is 5.83. The van der Waals surface area contributed by atoms with Gasteiger partial charge in [-0.2, -0.15) is 0 Å². The zero-order valence-electron chi connectivity index (χ0n) is 17.9. The monoisotopic (exact) mass is 478 g/mol. The molecular weight excluding hydrogens is 452 g/mol. The number of nitrogens with one attached hydrogen (secondary N) is 1. The quantitative estimate of drug-likeness (QED) is 0.131. The molecule has 0 aliphatic rings. The highest BCUT2D eigenvalue weighted by molar-refractivity contribution is 6.31. The van der Waals surface area contributed by atoms with Crippen LogP contribution in [0.5, 0.6) is 5.75 Å². The molecule has 1 aromatic heterocycles. The number of aromatic nitrogens is 2. The Bertz CT molecular complexity index is 987. The van der Waals surface area contributed by atoms with Crippen molar-refractivity contribution in [3.8, 4) is 5.75 Å². The van der Waals surface area contributed by atoms with Gasteiger partial charge in [-0.1, -0.05) is 23.7 Å². The largest absolute Gasteiger partial charge is 0.482 e. The first kappa shape index (κ1) is 25.6. The lowest BCUT2D eigenvalue weighted by atomic mass is 10.1. The Hall–Kier alpha value is -3.64. The highest BCUT2D eigenvalue weighted by Crippen LogP contribution is 2.19. The van der Waals surface area contributed by atoms with Crippen LogP contribution in [0, 0.1) is 5.41 Å². The predicted octanol–water partition coefficient (Wildman–Crippen LogP) is 0.534. The molecule has 1 heterocycles. The topological polar surface area (TPSA) is 210 Å². The van der Waals surface area contributed by atoms with E-state index in [0.29, 0.717) is 25.0 Å². The van der Waals surface area contributed by atoms with Crippen molar-refractivity contribution in [1.29, 1.82) is 5.41 Å². The van der Waals surface area contributed by atoms with Gasteiger partial charge in [-0.3, -0.25) is 15.1 Å². The van der Waals surface area contributed by atoms with Gasteiger partial charge < -0.3 is 32.4 Å². The van der Waals surface area contributed by atoms with E-state index in [-0.39, 0.29) is 48.8 Å². The molecule has 0 fully saturated rings. The van der Waals surface area contributed by atoms with E-state index in [1.807, 2.05) is 12.1 Å². The van der Waals surface area contributed by atoms with Gasteiger partial charge in [-0.05, 0) is 37.0 Å². The van der Waals surface area contributed by atoms with Crippen molar-refractivity contribution < 1.29 is 19.1 Å². The van der Waals surface area contributed by atoms with Gasteiger partial charge in [0.1, 0.15) is 12.4 Å². The molecule has 1 aromatic carbocycles. The number of guanidine groups is 1. The molecule has 9 N–H and O–H groups in total. The van der Waals surface area contributed by atoms with Crippen LogP contribution in [0.4, 0.5) is 11.6 Å². The second kappa shape index (κ2) is 12.4. The average Bonchev–Trinajstić information content (AvgIpc) is 2.78. The molecule has 0 aliphatic heterocycles. The molecule has 0 spiro atoms. The Balaban J connectivity index is 1.84. The lowest BCUT2D eigenvalue weighted by Gasteiger charge is -2.20. The van der Waals surface area contributed by atoms with Crippen molar-refractivity contribution in [3.63, 3.8) is 0 Å². The highest BCUT2D eigenvalue weighted by Gasteiger charge is 2.23. The molecule has 178 valence electrons. The van der Waals surface area contributed by atoms with Crippen LogP contribution >= 0.6 is 11.6 Å². The summed E-state index contributed by atoms with van der Waals surface area (Å²) in [6.45, 7) is 0.407. The second-order valence-corrected chi connectivity index (χ2v) is 7.23. The third kappa shape index (κ3) is 7.77. The fourth-order valence-corrected chi connectivity index (χ4v) is 2.89. The summed E-state index contributed by atoms with van der Waals surface area (Å²) in [6, 6.07) is 7.26. The number of hydrogen-bond donors (Lipinski definition) is 5. The van der Waals surface area contributed by atoms with E-state index in [4.69, 9.17) is 49.4 Å².